The monoisotopic (exact) mass is 282 g/mol. The van der Waals surface area contributed by atoms with Crippen molar-refractivity contribution in [1.82, 2.24) is 15.2 Å². The summed E-state index contributed by atoms with van der Waals surface area (Å²) in [4.78, 5) is 9.30. The average molecular weight is 283 g/mol. The van der Waals surface area contributed by atoms with E-state index in [2.05, 4.69) is 40.0 Å². The van der Waals surface area contributed by atoms with Crippen LogP contribution >= 0.6 is 11.6 Å². The summed E-state index contributed by atoms with van der Waals surface area (Å²) in [7, 11) is 1.93. The van der Waals surface area contributed by atoms with Gasteiger partial charge in [0.1, 0.15) is 5.82 Å². The Bertz CT molecular complexity index is 414. The van der Waals surface area contributed by atoms with E-state index in [4.69, 9.17) is 11.6 Å². The summed E-state index contributed by atoms with van der Waals surface area (Å²) in [5.74, 6) is 1.04. The average Bonchev–Trinajstić information content (AvgIpc) is 2.41. The molecule has 1 aromatic rings. The van der Waals surface area contributed by atoms with Crippen LogP contribution in [0.25, 0.3) is 0 Å². The van der Waals surface area contributed by atoms with Crippen LogP contribution in [0.2, 0.25) is 5.02 Å². The summed E-state index contributed by atoms with van der Waals surface area (Å²) < 4.78 is 0. The number of halogens is 1. The van der Waals surface area contributed by atoms with E-state index in [0.717, 1.165) is 49.1 Å². The molecule has 0 amide bonds. The van der Waals surface area contributed by atoms with Gasteiger partial charge in [-0.2, -0.15) is 0 Å². The summed E-state index contributed by atoms with van der Waals surface area (Å²) in [5, 5.41) is 3.87. The first-order chi connectivity index (χ1) is 9.11. The molecule has 1 aliphatic heterocycles. The number of pyridine rings is 1. The maximum absolute atomic E-state index is 6.15. The fourth-order valence-electron chi connectivity index (χ4n) is 2.43. The van der Waals surface area contributed by atoms with Gasteiger partial charge < -0.3 is 10.2 Å². The maximum atomic E-state index is 6.15. The molecule has 106 valence electrons. The Morgan fingerprint density at radius 3 is 2.58 bits per heavy atom. The van der Waals surface area contributed by atoms with E-state index < -0.39 is 0 Å². The van der Waals surface area contributed by atoms with Crippen LogP contribution in [0.5, 0.6) is 0 Å². The highest BCUT2D eigenvalue weighted by atomic mass is 35.5. The van der Waals surface area contributed by atoms with E-state index in [9.17, 15) is 0 Å². The molecule has 0 radical (unpaired) electrons. The third kappa shape index (κ3) is 3.59. The third-order valence-corrected chi connectivity index (χ3v) is 4.00. The van der Waals surface area contributed by atoms with Crippen LogP contribution in [0.15, 0.2) is 12.3 Å². The van der Waals surface area contributed by atoms with E-state index >= 15 is 0 Å². The summed E-state index contributed by atoms with van der Waals surface area (Å²) in [6.07, 6.45) is 1.76. The molecule has 4 nitrogen and oxygen atoms in total. The van der Waals surface area contributed by atoms with Crippen molar-refractivity contribution in [3.63, 3.8) is 0 Å². The zero-order valence-corrected chi connectivity index (χ0v) is 12.7. The molecule has 2 heterocycles. The number of hydrogen-bond acceptors (Lipinski definition) is 4. The van der Waals surface area contributed by atoms with E-state index in [-0.39, 0.29) is 0 Å². The van der Waals surface area contributed by atoms with Crippen molar-refractivity contribution in [1.29, 1.82) is 0 Å². The van der Waals surface area contributed by atoms with E-state index in [1.54, 1.807) is 6.20 Å². The SMILES string of the molecule is CNCc1cc(N2CCN(C(C)C)CC2)ncc1Cl. The number of nitrogens with zero attached hydrogens (tertiary/aromatic N) is 3. The first-order valence-electron chi connectivity index (χ1n) is 6.90. The van der Waals surface area contributed by atoms with Crippen LogP contribution in [-0.2, 0) is 6.54 Å². The van der Waals surface area contributed by atoms with Crippen LogP contribution in [0.4, 0.5) is 5.82 Å². The largest absolute Gasteiger partial charge is 0.354 e. The standard InChI is InChI=1S/C14H23ClN4/c1-11(2)18-4-6-19(7-5-18)14-8-12(9-16-3)13(15)10-17-14/h8,10-11,16H,4-7,9H2,1-3H3. The smallest absolute Gasteiger partial charge is 0.128 e. The highest BCUT2D eigenvalue weighted by Crippen LogP contribution is 2.21. The maximum Gasteiger partial charge on any atom is 0.128 e. The fourth-order valence-corrected chi connectivity index (χ4v) is 2.60. The van der Waals surface area contributed by atoms with Gasteiger partial charge in [0.2, 0.25) is 0 Å². The van der Waals surface area contributed by atoms with Crippen molar-refractivity contribution in [3.8, 4) is 0 Å². The Kier molecular flexibility index (Phi) is 5.02. The molecule has 1 saturated heterocycles. The lowest BCUT2D eigenvalue weighted by molar-refractivity contribution is 0.209. The van der Waals surface area contributed by atoms with E-state index in [1.807, 2.05) is 7.05 Å². The zero-order valence-electron chi connectivity index (χ0n) is 12.0. The number of aromatic nitrogens is 1. The minimum atomic E-state index is 0.625. The first kappa shape index (κ1) is 14.6. The molecule has 0 aliphatic carbocycles. The normalized spacial score (nSPS) is 17.2. The van der Waals surface area contributed by atoms with Crippen LogP contribution in [0.1, 0.15) is 19.4 Å². The Labute approximate surface area is 120 Å². The first-order valence-corrected chi connectivity index (χ1v) is 7.27. The Balaban J connectivity index is 2.05. The number of hydrogen-bond donors (Lipinski definition) is 1. The molecule has 2 rings (SSSR count). The third-order valence-electron chi connectivity index (χ3n) is 3.66. The Hall–Kier alpha value is -0.840. The second kappa shape index (κ2) is 6.55. The lowest BCUT2D eigenvalue weighted by Crippen LogP contribution is -2.49. The summed E-state index contributed by atoms with van der Waals surface area (Å²) in [5.41, 5.74) is 1.11. The minimum Gasteiger partial charge on any atom is -0.354 e. The lowest BCUT2D eigenvalue weighted by Gasteiger charge is -2.37. The van der Waals surface area contributed by atoms with Crippen molar-refractivity contribution in [2.45, 2.75) is 26.4 Å². The van der Waals surface area contributed by atoms with Gasteiger partial charge in [-0.3, -0.25) is 4.90 Å². The molecule has 0 bridgehead atoms. The summed E-state index contributed by atoms with van der Waals surface area (Å²) >= 11 is 6.15. The molecular weight excluding hydrogens is 260 g/mol. The molecule has 0 spiro atoms. The van der Waals surface area contributed by atoms with Crippen LogP contribution in [0, 0.1) is 0 Å². The summed E-state index contributed by atoms with van der Waals surface area (Å²) in [6, 6.07) is 2.73. The molecule has 19 heavy (non-hydrogen) atoms. The number of rotatable bonds is 4. The highest BCUT2D eigenvalue weighted by molar-refractivity contribution is 6.31. The van der Waals surface area contributed by atoms with Crippen molar-refractivity contribution in [2.75, 3.05) is 38.1 Å². The molecule has 1 aliphatic rings. The van der Waals surface area contributed by atoms with Crippen LogP contribution in [-0.4, -0.2) is 49.2 Å². The molecular formula is C14H23ClN4. The van der Waals surface area contributed by atoms with E-state index in [0.29, 0.717) is 6.04 Å². The molecule has 1 N–H and O–H groups in total. The second-order valence-corrected chi connectivity index (χ2v) is 5.69. The fraction of sp³-hybridized carbons (Fsp3) is 0.643. The molecule has 0 aromatic carbocycles. The highest BCUT2D eigenvalue weighted by Gasteiger charge is 2.20. The molecule has 5 heteroatoms. The van der Waals surface area contributed by atoms with Gasteiger partial charge >= 0.3 is 0 Å². The minimum absolute atomic E-state index is 0.625. The molecule has 0 atom stereocenters. The predicted octanol–water partition coefficient (Wildman–Crippen LogP) is 1.98. The quantitative estimate of drug-likeness (QED) is 0.915. The Morgan fingerprint density at radius 1 is 1.32 bits per heavy atom. The van der Waals surface area contributed by atoms with Gasteiger partial charge in [-0.15, -0.1) is 0 Å². The van der Waals surface area contributed by atoms with Gasteiger partial charge in [-0.1, -0.05) is 11.6 Å². The van der Waals surface area contributed by atoms with Crippen molar-refractivity contribution in [3.05, 3.63) is 22.8 Å². The number of anilines is 1. The Morgan fingerprint density at radius 2 is 2.00 bits per heavy atom. The van der Waals surface area contributed by atoms with Crippen molar-refractivity contribution < 1.29 is 0 Å². The van der Waals surface area contributed by atoms with Gasteiger partial charge in [0.25, 0.3) is 0 Å². The summed E-state index contributed by atoms with van der Waals surface area (Å²) in [6.45, 7) is 9.55. The van der Waals surface area contributed by atoms with Crippen molar-refractivity contribution in [2.24, 2.45) is 0 Å². The van der Waals surface area contributed by atoms with Gasteiger partial charge in [0.15, 0.2) is 0 Å². The predicted molar refractivity (Wildman–Crippen MR) is 80.9 cm³/mol. The number of nitrogens with one attached hydrogen (secondary N) is 1. The van der Waals surface area contributed by atoms with Gasteiger partial charge in [0.05, 0.1) is 5.02 Å². The van der Waals surface area contributed by atoms with Gasteiger partial charge in [-0.25, -0.2) is 4.98 Å². The van der Waals surface area contributed by atoms with Gasteiger partial charge in [0, 0.05) is 45.0 Å². The molecule has 0 unspecified atom stereocenters. The van der Waals surface area contributed by atoms with Crippen LogP contribution in [0.3, 0.4) is 0 Å². The van der Waals surface area contributed by atoms with Gasteiger partial charge in [-0.05, 0) is 32.5 Å². The van der Waals surface area contributed by atoms with E-state index in [1.165, 1.54) is 0 Å². The molecule has 1 fully saturated rings. The molecule has 1 aromatic heterocycles. The van der Waals surface area contributed by atoms with Crippen LogP contribution < -0.4 is 10.2 Å². The van der Waals surface area contributed by atoms with Crippen molar-refractivity contribution >= 4 is 17.4 Å². The molecule has 0 saturated carbocycles. The lowest BCUT2D eigenvalue weighted by atomic mass is 10.2. The topological polar surface area (TPSA) is 31.4 Å². The number of piperazine rings is 1. The zero-order chi connectivity index (χ0) is 13.8. The second-order valence-electron chi connectivity index (χ2n) is 5.28.